The highest BCUT2D eigenvalue weighted by molar-refractivity contribution is 5.75. The molecule has 0 bridgehead atoms. The number of hydrogen-bond donors (Lipinski definition) is 0. The molecule has 0 aliphatic carbocycles. The lowest BCUT2D eigenvalue weighted by Gasteiger charge is -2.15. The summed E-state index contributed by atoms with van der Waals surface area (Å²) < 4.78 is 10.5. The summed E-state index contributed by atoms with van der Waals surface area (Å²) in [5, 5.41) is 0. The Labute approximate surface area is 95.4 Å². The van der Waals surface area contributed by atoms with Crippen LogP contribution in [0, 0.1) is 11.8 Å². The van der Waals surface area contributed by atoms with Crippen LogP contribution in [0.2, 0.25) is 0 Å². The zero-order valence-electron chi connectivity index (χ0n) is 9.77. The molecule has 3 heteroatoms. The summed E-state index contributed by atoms with van der Waals surface area (Å²) in [5.41, 5.74) is 1.03. The van der Waals surface area contributed by atoms with E-state index in [2.05, 4.69) is 0 Å². The molecule has 1 aliphatic rings. The molecule has 0 N–H and O–H groups in total. The van der Waals surface area contributed by atoms with Crippen LogP contribution in [-0.4, -0.2) is 13.1 Å². The highest BCUT2D eigenvalue weighted by atomic mass is 16.6. The normalized spacial score (nSPS) is 28.9. The fourth-order valence-electron chi connectivity index (χ4n) is 1.98. The van der Waals surface area contributed by atoms with E-state index >= 15 is 0 Å². The van der Waals surface area contributed by atoms with Crippen molar-refractivity contribution in [3.8, 4) is 5.75 Å². The van der Waals surface area contributed by atoms with Gasteiger partial charge in [0.2, 0.25) is 0 Å². The second-order valence-electron chi connectivity index (χ2n) is 4.28. The van der Waals surface area contributed by atoms with Crippen molar-refractivity contribution in [3.05, 3.63) is 29.8 Å². The molecule has 86 valence electrons. The zero-order chi connectivity index (χ0) is 11.7. The van der Waals surface area contributed by atoms with Gasteiger partial charge in [-0.25, -0.2) is 0 Å². The minimum absolute atomic E-state index is 0.0212. The summed E-state index contributed by atoms with van der Waals surface area (Å²) >= 11 is 0. The standard InChI is InChI=1S/C13H16O3/c1-8-9(2)13(14)16-12(8)10-4-6-11(15-3)7-5-10/h4-9,12H,1-3H3/t8-,9-,12+/m1/s1. The number of ether oxygens (including phenoxy) is 2. The van der Waals surface area contributed by atoms with Crippen LogP contribution in [0.4, 0.5) is 0 Å². The van der Waals surface area contributed by atoms with Gasteiger partial charge in [-0.15, -0.1) is 0 Å². The maximum absolute atomic E-state index is 11.4. The second-order valence-corrected chi connectivity index (χ2v) is 4.28. The first-order chi connectivity index (χ1) is 7.63. The highest BCUT2D eigenvalue weighted by Gasteiger charge is 2.39. The first-order valence-electron chi connectivity index (χ1n) is 5.48. The van der Waals surface area contributed by atoms with Gasteiger partial charge in [0.05, 0.1) is 13.0 Å². The smallest absolute Gasteiger partial charge is 0.309 e. The van der Waals surface area contributed by atoms with Gasteiger partial charge in [-0.2, -0.15) is 0 Å². The van der Waals surface area contributed by atoms with E-state index in [4.69, 9.17) is 9.47 Å². The molecule has 0 amide bonds. The highest BCUT2D eigenvalue weighted by Crippen LogP contribution is 2.38. The quantitative estimate of drug-likeness (QED) is 0.718. The van der Waals surface area contributed by atoms with Crippen LogP contribution in [0.1, 0.15) is 25.5 Å². The van der Waals surface area contributed by atoms with Gasteiger partial charge in [0.25, 0.3) is 0 Å². The third-order valence-corrected chi connectivity index (χ3v) is 3.33. The first kappa shape index (κ1) is 11.0. The number of methoxy groups -OCH3 is 1. The molecule has 0 aromatic heterocycles. The summed E-state index contributed by atoms with van der Waals surface area (Å²) in [6.07, 6.45) is -0.117. The van der Waals surface area contributed by atoms with E-state index in [1.807, 2.05) is 38.1 Å². The van der Waals surface area contributed by atoms with Crippen LogP contribution in [0.5, 0.6) is 5.75 Å². The Morgan fingerprint density at radius 2 is 1.81 bits per heavy atom. The molecular weight excluding hydrogens is 204 g/mol. The average Bonchev–Trinajstić information content (AvgIpc) is 2.57. The fraction of sp³-hybridized carbons (Fsp3) is 0.462. The van der Waals surface area contributed by atoms with E-state index < -0.39 is 0 Å². The van der Waals surface area contributed by atoms with Gasteiger partial charge in [-0.3, -0.25) is 4.79 Å². The van der Waals surface area contributed by atoms with Crippen LogP contribution >= 0.6 is 0 Å². The van der Waals surface area contributed by atoms with Crippen LogP contribution < -0.4 is 4.74 Å². The zero-order valence-corrected chi connectivity index (χ0v) is 9.77. The summed E-state index contributed by atoms with van der Waals surface area (Å²) in [6, 6.07) is 7.67. The number of esters is 1. The fourth-order valence-corrected chi connectivity index (χ4v) is 1.98. The second kappa shape index (κ2) is 4.16. The number of benzene rings is 1. The maximum atomic E-state index is 11.4. The molecule has 1 saturated heterocycles. The van der Waals surface area contributed by atoms with E-state index in [1.54, 1.807) is 7.11 Å². The van der Waals surface area contributed by atoms with Crippen LogP contribution in [0.25, 0.3) is 0 Å². The SMILES string of the molecule is COc1ccc([C@H]2OC(=O)[C@H](C)[C@H]2C)cc1. The van der Waals surface area contributed by atoms with E-state index in [-0.39, 0.29) is 23.9 Å². The van der Waals surface area contributed by atoms with E-state index in [0.717, 1.165) is 11.3 Å². The summed E-state index contributed by atoms with van der Waals surface area (Å²) in [7, 11) is 1.63. The molecule has 0 spiro atoms. The van der Waals surface area contributed by atoms with Gasteiger partial charge in [0.15, 0.2) is 0 Å². The Hall–Kier alpha value is -1.51. The molecule has 1 fully saturated rings. The van der Waals surface area contributed by atoms with Crippen LogP contribution in [0.15, 0.2) is 24.3 Å². The van der Waals surface area contributed by atoms with Crippen molar-refractivity contribution in [2.45, 2.75) is 20.0 Å². The number of cyclic esters (lactones) is 1. The minimum atomic E-state index is -0.117. The van der Waals surface area contributed by atoms with Crippen molar-refractivity contribution in [3.63, 3.8) is 0 Å². The minimum Gasteiger partial charge on any atom is -0.497 e. The van der Waals surface area contributed by atoms with Gasteiger partial charge in [-0.05, 0) is 17.7 Å². The van der Waals surface area contributed by atoms with Gasteiger partial charge >= 0.3 is 5.97 Å². The largest absolute Gasteiger partial charge is 0.497 e. The number of rotatable bonds is 2. The van der Waals surface area contributed by atoms with Gasteiger partial charge in [-0.1, -0.05) is 26.0 Å². The Morgan fingerprint density at radius 3 is 2.25 bits per heavy atom. The monoisotopic (exact) mass is 220 g/mol. The molecule has 3 nitrogen and oxygen atoms in total. The Bertz CT molecular complexity index is 383. The maximum Gasteiger partial charge on any atom is 0.309 e. The number of carbonyl (C=O) groups is 1. The molecule has 2 rings (SSSR count). The van der Waals surface area contributed by atoms with E-state index in [1.165, 1.54) is 0 Å². The lowest BCUT2D eigenvalue weighted by molar-refractivity contribution is -0.144. The van der Waals surface area contributed by atoms with Gasteiger partial charge < -0.3 is 9.47 Å². The molecule has 1 aromatic carbocycles. The molecule has 16 heavy (non-hydrogen) atoms. The summed E-state index contributed by atoms with van der Waals surface area (Å²) in [6.45, 7) is 3.96. The van der Waals surface area contributed by atoms with Gasteiger partial charge in [0.1, 0.15) is 11.9 Å². The number of carbonyl (C=O) groups excluding carboxylic acids is 1. The van der Waals surface area contributed by atoms with Crippen molar-refractivity contribution in [1.29, 1.82) is 0 Å². The Kier molecular flexibility index (Phi) is 2.86. The van der Waals surface area contributed by atoms with E-state index in [9.17, 15) is 4.79 Å². The third kappa shape index (κ3) is 1.77. The molecule has 1 aromatic rings. The summed E-state index contributed by atoms with van der Waals surface area (Å²) in [4.78, 5) is 11.4. The molecule has 0 unspecified atom stereocenters. The van der Waals surface area contributed by atoms with Crippen molar-refractivity contribution >= 4 is 5.97 Å². The Balaban J connectivity index is 2.21. The molecular formula is C13H16O3. The molecule has 1 heterocycles. The lowest BCUT2D eigenvalue weighted by atomic mass is 9.90. The molecule has 0 radical (unpaired) electrons. The predicted molar refractivity (Wildman–Crippen MR) is 60.2 cm³/mol. The van der Waals surface area contributed by atoms with Crippen LogP contribution in [-0.2, 0) is 9.53 Å². The average molecular weight is 220 g/mol. The first-order valence-corrected chi connectivity index (χ1v) is 5.48. The molecule has 0 saturated carbocycles. The molecule has 1 aliphatic heterocycles. The Morgan fingerprint density at radius 1 is 1.19 bits per heavy atom. The molecule has 3 atom stereocenters. The lowest BCUT2D eigenvalue weighted by Crippen LogP contribution is -2.09. The predicted octanol–water partition coefficient (Wildman–Crippen LogP) is 2.57. The van der Waals surface area contributed by atoms with Crippen molar-refractivity contribution in [1.82, 2.24) is 0 Å². The third-order valence-electron chi connectivity index (χ3n) is 3.33. The van der Waals surface area contributed by atoms with Gasteiger partial charge in [0, 0.05) is 5.92 Å². The summed E-state index contributed by atoms with van der Waals surface area (Å²) in [5.74, 6) is 0.912. The number of hydrogen-bond acceptors (Lipinski definition) is 3. The van der Waals surface area contributed by atoms with Crippen molar-refractivity contribution in [2.75, 3.05) is 7.11 Å². The topological polar surface area (TPSA) is 35.5 Å². The van der Waals surface area contributed by atoms with Crippen LogP contribution in [0.3, 0.4) is 0 Å². The van der Waals surface area contributed by atoms with Crippen molar-refractivity contribution in [2.24, 2.45) is 11.8 Å². The van der Waals surface area contributed by atoms with Crippen molar-refractivity contribution < 1.29 is 14.3 Å². The van der Waals surface area contributed by atoms with E-state index in [0.29, 0.717) is 0 Å².